The Morgan fingerprint density at radius 2 is 2.08 bits per heavy atom. The van der Waals surface area contributed by atoms with E-state index in [1.807, 2.05) is 19.1 Å². The first-order valence-corrected chi connectivity index (χ1v) is 9.56. The second-order valence-electron chi connectivity index (χ2n) is 6.02. The Balaban J connectivity index is 1.68. The number of nitrogens with zero attached hydrogens (tertiary/aromatic N) is 2. The maximum atomic E-state index is 11.8. The number of pyridine rings is 1. The largest absolute Gasteiger partial charge is 0.378 e. The topological polar surface area (TPSA) is 66.5 Å². The van der Waals surface area contributed by atoms with Crippen LogP contribution in [0.3, 0.4) is 0 Å². The van der Waals surface area contributed by atoms with Gasteiger partial charge in [0.15, 0.2) is 0 Å². The number of carbonyl (C=O) groups excluding carboxylic acids is 1. The first-order chi connectivity index (χ1) is 12.7. The molecular weight excluding hydrogens is 396 g/mol. The molecule has 6 nitrogen and oxygen atoms in total. The first-order valence-electron chi connectivity index (χ1n) is 8.76. The smallest absolute Gasteiger partial charge is 0.252 e. The highest BCUT2D eigenvalue weighted by Crippen LogP contribution is 2.26. The molecule has 1 aliphatic heterocycles. The van der Waals surface area contributed by atoms with E-state index in [9.17, 15) is 4.79 Å². The van der Waals surface area contributed by atoms with Crippen LogP contribution >= 0.6 is 15.9 Å². The fourth-order valence-electron chi connectivity index (χ4n) is 2.87. The highest BCUT2D eigenvalue weighted by molar-refractivity contribution is 9.10. The van der Waals surface area contributed by atoms with Crippen LogP contribution in [-0.2, 0) is 11.3 Å². The average Bonchev–Trinajstić information content (AvgIpc) is 2.68. The van der Waals surface area contributed by atoms with E-state index in [1.54, 1.807) is 12.3 Å². The van der Waals surface area contributed by atoms with Crippen LogP contribution < -0.4 is 15.5 Å². The molecule has 1 aromatic heterocycles. The maximum absolute atomic E-state index is 11.8. The third-order valence-electron chi connectivity index (χ3n) is 4.22. The molecular formula is C19H23BrN4O2. The molecule has 1 aromatic carbocycles. The number of aromatic nitrogens is 1. The Morgan fingerprint density at radius 3 is 2.77 bits per heavy atom. The lowest BCUT2D eigenvalue weighted by Crippen LogP contribution is -2.36. The van der Waals surface area contributed by atoms with E-state index in [4.69, 9.17) is 4.74 Å². The van der Waals surface area contributed by atoms with Crippen LogP contribution in [0.15, 0.2) is 41.0 Å². The molecule has 2 heterocycles. The number of hydrogen-bond acceptors (Lipinski definition) is 5. The van der Waals surface area contributed by atoms with Crippen molar-refractivity contribution in [3.8, 4) is 0 Å². The van der Waals surface area contributed by atoms with Crippen LogP contribution in [0.2, 0.25) is 0 Å². The van der Waals surface area contributed by atoms with Gasteiger partial charge < -0.3 is 20.3 Å². The number of morpholine rings is 1. The number of halogens is 1. The molecule has 26 heavy (non-hydrogen) atoms. The molecule has 7 heteroatoms. The number of hydrogen-bond donors (Lipinski definition) is 2. The van der Waals surface area contributed by atoms with Crippen molar-refractivity contribution < 1.29 is 9.53 Å². The van der Waals surface area contributed by atoms with E-state index in [0.29, 0.717) is 18.7 Å². The summed E-state index contributed by atoms with van der Waals surface area (Å²) in [6.07, 6.45) is 1.60. The normalized spacial score (nSPS) is 14.2. The zero-order valence-corrected chi connectivity index (χ0v) is 16.4. The van der Waals surface area contributed by atoms with Gasteiger partial charge in [-0.05, 0) is 36.8 Å². The van der Waals surface area contributed by atoms with E-state index in [1.165, 1.54) is 11.3 Å². The van der Waals surface area contributed by atoms with Crippen molar-refractivity contribution in [1.29, 1.82) is 0 Å². The van der Waals surface area contributed by atoms with Crippen molar-refractivity contribution in [2.24, 2.45) is 0 Å². The van der Waals surface area contributed by atoms with Gasteiger partial charge in [-0.1, -0.05) is 22.0 Å². The molecule has 0 spiro atoms. The lowest BCUT2D eigenvalue weighted by atomic mass is 10.1. The van der Waals surface area contributed by atoms with Gasteiger partial charge in [0.1, 0.15) is 5.82 Å². The van der Waals surface area contributed by atoms with Crippen molar-refractivity contribution in [1.82, 2.24) is 10.3 Å². The van der Waals surface area contributed by atoms with Crippen molar-refractivity contribution in [3.05, 3.63) is 52.1 Å². The number of anilines is 2. The highest BCUT2D eigenvalue weighted by atomic mass is 79.9. The Hall–Kier alpha value is -2.12. The number of ether oxygens (including phenoxy) is 1. The second-order valence-corrected chi connectivity index (χ2v) is 6.93. The molecule has 3 rings (SSSR count). The summed E-state index contributed by atoms with van der Waals surface area (Å²) >= 11 is 3.56. The Kier molecular flexibility index (Phi) is 6.46. The van der Waals surface area contributed by atoms with Gasteiger partial charge in [-0.2, -0.15) is 0 Å². The zero-order chi connectivity index (χ0) is 18.4. The number of benzene rings is 1. The van der Waals surface area contributed by atoms with Gasteiger partial charge in [-0.3, -0.25) is 4.79 Å². The molecule has 1 amide bonds. The predicted molar refractivity (Wildman–Crippen MR) is 107 cm³/mol. The van der Waals surface area contributed by atoms with E-state index >= 15 is 0 Å². The SMILES string of the molecule is CCNC(=O)c1ccc(NCc2ccc(Br)cc2N2CCOCC2)nc1. The molecule has 0 atom stereocenters. The molecule has 0 radical (unpaired) electrons. The van der Waals surface area contributed by atoms with Crippen LogP contribution in [0.4, 0.5) is 11.5 Å². The van der Waals surface area contributed by atoms with Gasteiger partial charge in [-0.15, -0.1) is 0 Å². The molecule has 2 N–H and O–H groups in total. The highest BCUT2D eigenvalue weighted by Gasteiger charge is 2.15. The molecule has 0 saturated carbocycles. The van der Waals surface area contributed by atoms with Crippen LogP contribution in [0.1, 0.15) is 22.8 Å². The molecule has 138 valence electrons. The van der Waals surface area contributed by atoms with Crippen LogP contribution in [0, 0.1) is 0 Å². The van der Waals surface area contributed by atoms with Crippen molar-refractivity contribution >= 4 is 33.3 Å². The Bertz CT molecular complexity index is 746. The number of carbonyl (C=O) groups is 1. The second kappa shape index (κ2) is 9.00. The van der Waals surface area contributed by atoms with Crippen LogP contribution in [-0.4, -0.2) is 43.7 Å². The van der Waals surface area contributed by atoms with Gasteiger partial charge in [0.25, 0.3) is 5.91 Å². The summed E-state index contributed by atoms with van der Waals surface area (Å²) < 4.78 is 6.52. The van der Waals surface area contributed by atoms with Gasteiger partial charge in [0, 0.05) is 42.5 Å². The summed E-state index contributed by atoms with van der Waals surface area (Å²) in [4.78, 5) is 18.5. The lowest BCUT2D eigenvalue weighted by Gasteiger charge is -2.31. The zero-order valence-electron chi connectivity index (χ0n) is 14.8. The van der Waals surface area contributed by atoms with Crippen LogP contribution in [0.25, 0.3) is 0 Å². The number of amides is 1. The minimum absolute atomic E-state index is 0.103. The third kappa shape index (κ3) is 4.74. The molecule has 1 saturated heterocycles. The summed E-state index contributed by atoms with van der Waals surface area (Å²) in [5, 5.41) is 6.11. The quantitative estimate of drug-likeness (QED) is 0.754. The van der Waals surface area contributed by atoms with Crippen molar-refractivity contribution in [2.75, 3.05) is 43.1 Å². The maximum Gasteiger partial charge on any atom is 0.252 e. The van der Waals surface area contributed by atoms with E-state index in [2.05, 4.69) is 48.6 Å². The fraction of sp³-hybridized carbons (Fsp3) is 0.368. The molecule has 0 unspecified atom stereocenters. The molecule has 2 aromatic rings. The summed E-state index contributed by atoms with van der Waals surface area (Å²) in [5.74, 6) is 0.642. The van der Waals surface area contributed by atoms with Gasteiger partial charge >= 0.3 is 0 Å². The van der Waals surface area contributed by atoms with E-state index in [-0.39, 0.29) is 5.91 Å². The lowest BCUT2D eigenvalue weighted by molar-refractivity contribution is 0.0955. The standard InChI is InChI=1S/C19H23BrN4O2/c1-2-21-19(25)15-4-6-18(23-13-15)22-12-14-3-5-16(20)11-17(14)24-7-9-26-10-8-24/h3-6,11,13H,2,7-10,12H2,1H3,(H,21,25)(H,22,23). The first kappa shape index (κ1) is 18.7. The Labute approximate surface area is 162 Å². The van der Waals surface area contributed by atoms with Crippen molar-refractivity contribution in [3.63, 3.8) is 0 Å². The summed E-state index contributed by atoms with van der Waals surface area (Å²) in [6, 6.07) is 9.92. The van der Waals surface area contributed by atoms with E-state index in [0.717, 1.165) is 36.6 Å². The van der Waals surface area contributed by atoms with E-state index < -0.39 is 0 Å². The number of nitrogens with one attached hydrogen (secondary N) is 2. The summed E-state index contributed by atoms with van der Waals surface area (Å²) in [5.41, 5.74) is 2.97. The van der Waals surface area contributed by atoms with Crippen molar-refractivity contribution in [2.45, 2.75) is 13.5 Å². The fourth-order valence-corrected chi connectivity index (χ4v) is 3.22. The van der Waals surface area contributed by atoms with Crippen LogP contribution in [0.5, 0.6) is 0 Å². The molecule has 1 aliphatic rings. The minimum Gasteiger partial charge on any atom is -0.378 e. The molecule has 0 bridgehead atoms. The van der Waals surface area contributed by atoms with Gasteiger partial charge in [-0.25, -0.2) is 4.98 Å². The number of rotatable bonds is 6. The predicted octanol–water partition coefficient (Wildman–Crippen LogP) is 3.04. The monoisotopic (exact) mass is 418 g/mol. The van der Waals surface area contributed by atoms with Gasteiger partial charge in [0.2, 0.25) is 0 Å². The summed E-state index contributed by atoms with van der Waals surface area (Å²) in [7, 11) is 0. The average molecular weight is 419 g/mol. The minimum atomic E-state index is -0.103. The third-order valence-corrected chi connectivity index (χ3v) is 4.72. The van der Waals surface area contributed by atoms with Gasteiger partial charge in [0.05, 0.1) is 18.8 Å². The molecule has 0 aliphatic carbocycles. The molecule has 1 fully saturated rings. The summed E-state index contributed by atoms with van der Waals surface area (Å²) in [6.45, 7) is 6.45. The Morgan fingerprint density at radius 1 is 1.27 bits per heavy atom.